The Bertz CT molecular complexity index is 272. The number of aliphatic imine (C=N–C) groups is 1. The molecule has 1 atom stereocenters. The molecule has 92 valence electrons. The van der Waals surface area contributed by atoms with Crippen molar-refractivity contribution in [1.82, 2.24) is 5.32 Å². The first kappa shape index (κ1) is 12.2. The molecule has 0 spiro atoms. The molecule has 2 heterocycles. The Morgan fingerprint density at radius 1 is 1.44 bits per heavy atom. The van der Waals surface area contributed by atoms with Crippen molar-refractivity contribution in [2.75, 3.05) is 19.8 Å². The second-order valence-electron chi connectivity index (χ2n) is 5.34. The fraction of sp³-hybridized carbons (Fsp3) is 0.917. The van der Waals surface area contributed by atoms with Crippen LogP contribution in [0.15, 0.2) is 4.99 Å². The Hall–Kier alpha value is -0.220. The zero-order chi connectivity index (χ0) is 11.6. The quantitative estimate of drug-likeness (QED) is 0.806. The first-order valence-corrected chi connectivity index (χ1v) is 7.04. The second-order valence-corrected chi connectivity index (χ2v) is 6.57. The van der Waals surface area contributed by atoms with Crippen LogP contribution in [0.4, 0.5) is 0 Å². The summed E-state index contributed by atoms with van der Waals surface area (Å²) in [5.74, 6) is 0.704. The lowest BCUT2D eigenvalue weighted by Crippen LogP contribution is -2.48. The average Bonchev–Trinajstić information content (AvgIpc) is 2.66. The molecular formula is C12H22N2OS. The van der Waals surface area contributed by atoms with Gasteiger partial charge in [-0.1, -0.05) is 25.6 Å². The van der Waals surface area contributed by atoms with Crippen molar-refractivity contribution >= 4 is 16.9 Å². The van der Waals surface area contributed by atoms with Crippen LogP contribution >= 0.6 is 11.8 Å². The predicted octanol–water partition coefficient (Wildman–Crippen LogP) is 2.27. The maximum absolute atomic E-state index is 5.40. The third-order valence-corrected chi connectivity index (χ3v) is 4.88. The molecule has 4 heteroatoms. The van der Waals surface area contributed by atoms with Gasteiger partial charge in [-0.05, 0) is 25.7 Å². The maximum atomic E-state index is 5.40. The Kier molecular flexibility index (Phi) is 3.80. The van der Waals surface area contributed by atoms with Gasteiger partial charge in [0.15, 0.2) is 5.17 Å². The number of rotatable bonds is 2. The summed E-state index contributed by atoms with van der Waals surface area (Å²) in [4.78, 5) is 4.61. The standard InChI is InChI=1S/C12H22N2OS/c1-9(2)10-8-13-11(16-10)14-12(3)4-6-15-7-5-12/h9-10H,4-8H2,1-3H3,(H,13,14). The van der Waals surface area contributed by atoms with Crippen LogP contribution in [0.1, 0.15) is 33.6 Å². The minimum Gasteiger partial charge on any atom is -0.381 e. The van der Waals surface area contributed by atoms with Crippen molar-refractivity contribution < 1.29 is 4.74 Å². The van der Waals surface area contributed by atoms with Crippen molar-refractivity contribution in [2.24, 2.45) is 10.9 Å². The molecule has 0 bridgehead atoms. The van der Waals surface area contributed by atoms with Gasteiger partial charge in [-0.2, -0.15) is 0 Å². The SMILES string of the molecule is CC(C)C1CN=C(NC2(C)CCOCC2)S1. The van der Waals surface area contributed by atoms with Gasteiger partial charge in [0, 0.05) is 24.0 Å². The number of amidine groups is 1. The predicted molar refractivity (Wildman–Crippen MR) is 70.1 cm³/mol. The average molecular weight is 242 g/mol. The normalized spacial score (nSPS) is 29.2. The van der Waals surface area contributed by atoms with E-state index in [1.54, 1.807) is 0 Å². The van der Waals surface area contributed by atoms with Gasteiger partial charge in [-0.15, -0.1) is 0 Å². The Labute approximate surface area is 102 Å². The summed E-state index contributed by atoms with van der Waals surface area (Å²) in [6, 6.07) is 0. The van der Waals surface area contributed by atoms with E-state index in [0.29, 0.717) is 11.2 Å². The highest BCUT2D eigenvalue weighted by molar-refractivity contribution is 8.14. The monoisotopic (exact) mass is 242 g/mol. The minimum atomic E-state index is 0.190. The van der Waals surface area contributed by atoms with Crippen LogP contribution in [0.25, 0.3) is 0 Å². The molecule has 2 aliphatic rings. The van der Waals surface area contributed by atoms with E-state index in [2.05, 4.69) is 31.1 Å². The van der Waals surface area contributed by atoms with E-state index in [1.165, 1.54) is 0 Å². The molecule has 2 aliphatic heterocycles. The van der Waals surface area contributed by atoms with Gasteiger partial charge in [0.1, 0.15) is 0 Å². The zero-order valence-electron chi connectivity index (χ0n) is 10.5. The number of nitrogens with one attached hydrogen (secondary N) is 1. The highest BCUT2D eigenvalue weighted by Crippen LogP contribution is 2.29. The molecule has 0 saturated carbocycles. The van der Waals surface area contributed by atoms with E-state index in [1.807, 2.05) is 11.8 Å². The van der Waals surface area contributed by atoms with Crippen LogP contribution in [0.2, 0.25) is 0 Å². The van der Waals surface area contributed by atoms with E-state index in [9.17, 15) is 0 Å². The maximum Gasteiger partial charge on any atom is 0.157 e. The van der Waals surface area contributed by atoms with Crippen molar-refractivity contribution in [2.45, 2.75) is 44.4 Å². The Balaban J connectivity index is 1.86. The van der Waals surface area contributed by atoms with Gasteiger partial charge < -0.3 is 10.1 Å². The molecule has 0 aliphatic carbocycles. The molecule has 0 aromatic heterocycles. The molecule has 0 aromatic rings. The van der Waals surface area contributed by atoms with Crippen molar-refractivity contribution in [1.29, 1.82) is 0 Å². The lowest BCUT2D eigenvalue weighted by atomic mass is 9.93. The van der Waals surface area contributed by atoms with E-state index >= 15 is 0 Å². The highest BCUT2D eigenvalue weighted by atomic mass is 32.2. The summed E-state index contributed by atoms with van der Waals surface area (Å²) in [5, 5.41) is 5.41. The third kappa shape index (κ3) is 2.92. The molecule has 1 unspecified atom stereocenters. The summed E-state index contributed by atoms with van der Waals surface area (Å²) < 4.78 is 5.40. The van der Waals surface area contributed by atoms with Gasteiger partial charge in [-0.25, -0.2) is 0 Å². The molecule has 16 heavy (non-hydrogen) atoms. The third-order valence-electron chi connectivity index (χ3n) is 3.43. The van der Waals surface area contributed by atoms with E-state index in [-0.39, 0.29) is 5.54 Å². The molecule has 0 amide bonds. The van der Waals surface area contributed by atoms with Crippen molar-refractivity contribution in [3.8, 4) is 0 Å². The molecule has 3 nitrogen and oxygen atoms in total. The first-order chi connectivity index (χ1) is 7.59. The summed E-state index contributed by atoms with van der Waals surface area (Å²) in [5.41, 5.74) is 0.190. The fourth-order valence-electron chi connectivity index (χ4n) is 2.01. The van der Waals surface area contributed by atoms with Crippen molar-refractivity contribution in [3.63, 3.8) is 0 Å². The van der Waals surface area contributed by atoms with Gasteiger partial charge >= 0.3 is 0 Å². The van der Waals surface area contributed by atoms with Gasteiger partial charge in [0.2, 0.25) is 0 Å². The molecule has 2 rings (SSSR count). The Morgan fingerprint density at radius 3 is 2.69 bits per heavy atom. The fourth-order valence-corrected chi connectivity index (χ4v) is 3.17. The van der Waals surface area contributed by atoms with Crippen LogP contribution in [-0.4, -0.2) is 35.7 Å². The highest BCUT2D eigenvalue weighted by Gasteiger charge is 2.31. The van der Waals surface area contributed by atoms with E-state index in [0.717, 1.165) is 37.8 Å². The lowest BCUT2D eigenvalue weighted by Gasteiger charge is -2.35. The molecule has 1 N–H and O–H groups in total. The summed E-state index contributed by atoms with van der Waals surface area (Å²) in [6.45, 7) is 9.53. The summed E-state index contributed by atoms with van der Waals surface area (Å²) in [7, 11) is 0. The van der Waals surface area contributed by atoms with E-state index in [4.69, 9.17) is 4.74 Å². The number of hydrogen-bond donors (Lipinski definition) is 1. The molecular weight excluding hydrogens is 220 g/mol. The van der Waals surface area contributed by atoms with E-state index < -0.39 is 0 Å². The lowest BCUT2D eigenvalue weighted by molar-refractivity contribution is 0.0528. The number of ether oxygens (including phenoxy) is 1. The van der Waals surface area contributed by atoms with Crippen molar-refractivity contribution in [3.05, 3.63) is 0 Å². The summed E-state index contributed by atoms with van der Waals surface area (Å²) in [6.07, 6.45) is 2.16. The molecule has 1 fully saturated rings. The first-order valence-electron chi connectivity index (χ1n) is 6.16. The number of nitrogens with zero attached hydrogens (tertiary/aromatic N) is 1. The van der Waals surface area contributed by atoms with Crippen LogP contribution in [0, 0.1) is 5.92 Å². The number of thioether (sulfide) groups is 1. The van der Waals surface area contributed by atoms with Gasteiger partial charge in [0.25, 0.3) is 0 Å². The topological polar surface area (TPSA) is 33.6 Å². The minimum absolute atomic E-state index is 0.190. The Morgan fingerprint density at radius 2 is 2.12 bits per heavy atom. The van der Waals surface area contributed by atoms with Gasteiger partial charge in [0.05, 0.1) is 6.54 Å². The number of hydrogen-bond acceptors (Lipinski definition) is 4. The molecule has 0 aromatic carbocycles. The zero-order valence-corrected chi connectivity index (χ0v) is 11.3. The van der Waals surface area contributed by atoms with Crippen LogP contribution in [0.5, 0.6) is 0 Å². The second kappa shape index (κ2) is 4.96. The van der Waals surface area contributed by atoms with Crippen LogP contribution < -0.4 is 5.32 Å². The van der Waals surface area contributed by atoms with Crippen LogP contribution in [-0.2, 0) is 4.74 Å². The van der Waals surface area contributed by atoms with Gasteiger partial charge in [-0.3, -0.25) is 4.99 Å². The largest absolute Gasteiger partial charge is 0.381 e. The smallest absolute Gasteiger partial charge is 0.157 e. The molecule has 1 saturated heterocycles. The summed E-state index contributed by atoms with van der Waals surface area (Å²) >= 11 is 1.91. The molecule has 0 radical (unpaired) electrons. The van der Waals surface area contributed by atoms with Crippen LogP contribution in [0.3, 0.4) is 0 Å².